The Morgan fingerprint density at radius 2 is 1.88 bits per heavy atom. The van der Waals surface area contributed by atoms with Gasteiger partial charge in [-0.25, -0.2) is 4.39 Å². The molecule has 3 aliphatic rings. The van der Waals surface area contributed by atoms with Gasteiger partial charge in [0, 0.05) is 35.8 Å². The van der Waals surface area contributed by atoms with Crippen LogP contribution in [0.25, 0.3) is 5.70 Å². The van der Waals surface area contributed by atoms with Crippen molar-refractivity contribution in [3.8, 4) is 6.07 Å². The summed E-state index contributed by atoms with van der Waals surface area (Å²) < 4.78 is 19.9. The van der Waals surface area contributed by atoms with Crippen LogP contribution < -0.4 is 10.6 Å². The number of nitrogens with one attached hydrogen (secondary N) is 2. The molecule has 2 aromatic carbocycles. The van der Waals surface area contributed by atoms with Crippen LogP contribution in [0.2, 0.25) is 0 Å². The van der Waals surface area contributed by atoms with Gasteiger partial charge in [-0.05, 0) is 49.2 Å². The van der Waals surface area contributed by atoms with Gasteiger partial charge in [0.2, 0.25) is 0 Å². The number of amides is 1. The molecule has 2 N–H and O–H groups in total. The highest BCUT2D eigenvalue weighted by molar-refractivity contribution is 5.96. The second-order valence-electron chi connectivity index (χ2n) is 8.92. The molecule has 0 aromatic heterocycles. The van der Waals surface area contributed by atoms with Gasteiger partial charge in [-0.3, -0.25) is 4.79 Å². The number of carbonyl (C=O) groups excluding carboxylic acids is 1. The van der Waals surface area contributed by atoms with E-state index in [1.54, 1.807) is 0 Å². The quantitative estimate of drug-likeness (QED) is 0.777. The summed E-state index contributed by atoms with van der Waals surface area (Å²) in [5.74, 6) is 0.278. The molecular formula is C25H25FN4O2. The van der Waals surface area contributed by atoms with Gasteiger partial charge in [0.05, 0.1) is 30.5 Å². The van der Waals surface area contributed by atoms with E-state index in [9.17, 15) is 9.18 Å². The molecule has 5 rings (SSSR count). The number of halogens is 1. The average Bonchev–Trinajstić information content (AvgIpc) is 3.13. The molecule has 0 spiro atoms. The number of alkyl halides is 1. The average molecular weight is 432 g/mol. The van der Waals surface area contributed by atoms with Crippen LogP contribution in [0.15, 0.2) is 48.2 Å². The highest BCUT2D eigenvalue weighted by atomic mass is 19.1. The summed E-state index contributed by atoms with van der Waals surface area (Å²) in [6, 6.07) is 15.4. The second kappa shape index (κ2) is 7.64. The molecule has 0 aliphatic carbocycles. The Labute approximate surface area is 186 Å². The molecule has 6 nitrogen and oxygen atoms in total. The molecule has 1 atom stereocenters. The van der Waals surface area contributed by atoms with E-state index in [1.807, 2.05) is 61.2 Å². The first kappa shape index (κ1) is 20.5. The number of hydrogen-bond acceptors (Lipinski definition) is 5. The van der Waals surface area contributed by atoms with Crippen molar-refractivity contribution < 1.29 is 13.9 Å². The first-order chi connectivity index (χ1) is 15.4. The van der Waals surface area contributed by atoms with Crippen molar-refractivity contribution in [1.82, 2.24) is 15.5 Å². The lowest BCUT2D eigenvalue weighted by Crippen LogP contribution is -2.62. The highest BCUT2D eigenvalue weighted by Gasteiger charge is 2.49. The van der Waals surface area contributed by atoms with E-state index in [2.05, 4.69) is 16.7 Å². The van der Waals surface area contributed by atoms with E-state index in [4.69, 9.17) is 10.00 Å². The molecule has 164 valence electrons. The molecule has 2 fully saturated rings. The largest absolute Gasteiger partial charge is 0.374 e. The van der Waals surface area contributed by atoms with E-state index in [1.165, 1.54) is 0 Å². The van der Waals surface area contributed by atoms with Crippen LogP contribution >= 0.6 is 0 Å². The molecular weight excluding hydrogens is 407 g/mol. The minimum atomic E-state index is -1.43. The fraction of sp³-hybridized carbons (Fsp3) is 0.360. The Morgan fingerprint density at radius 1 is 1.16 bits per heavy atom. The minimum absolute atomic E-state index is 0.00809. The lowest BCUT2D eigenvalue weighted by Gasteiger charge is -2.40. The van der Waals surface area contributed by atoms with Crippen LogP contribution in [-0.2, 0) is 4.74 Å². The van der Waals surface area contributed by atoms with Crippen LogP contribution in [0.5, 0.6) is 0 Å². The summed E-state index contributed by atoms with van der Waals surface area (Å²) in [5.41, 5.74) is 4.57. The smallest absolute Gasteiger partial charge is 0.253 e. The molecule has 3 aliphatic heterocycles. The number of allylic oxidation sites excluding steroid dienone is 1. The summed E-state index contributed by atoms with van der Waals surface area (Å²) in [7, 11) is 0. The topological polar surface area (TPSA) is 77.4 Å². The lowest BCUT2D eigenvalue weighted by molar-refractivity contribution is -0.147. The number of nitriles is 1. The lowest BCUT2D eigenvalue weighted by atomic mass is 9.90. The normalized spacial score (nSPS) is 21.8. The summed E-state index contributed by atoms with van der Waals surface area (Å²) in [6.45, 7) is 5.36. The van der Waals surface area contributed by atoms with Gasteiger partial charge in [0.1, 0.15) is 6.17 Å². The minimum Gasteiger partial charge on any atom is -0.374 e. The Morgan fingerprint density at radius 3 is 2.50 bits per heavy atom. The third-order valence-electron chi connectivity index (χ3n) is 6.66. The van der Waals surface area contributed by atoms with Gasteiger partial charge in [0.25, 0.3) is 5.91 Å². The van der Waals surface area contributed by atoms with E-state index in [0.717, 1.165) is 28.1 Å². The maximum absolute atomic E-state index is 14.8. The number of aryl methyl sites for hydroxylation is 1. The predicted octanol–water partition coefficient (Wildman–Crippen LogP) is 3.05. The Balaban J connectivity index is 1.29. The first-order valence-electron chi connectivity index (χ1n) is 10.8. The van der Waals surface area contributed by atoms with Crippen LogP contribution in [0, 0.1) is 18.3 Å². The maximum Gasteiger partial charge on any atom is 0.253 e. The fourth-order valence-corrected chi connectivity index (χ4v) is 4.47. The molecule has 0 radical (unpaired) electrons. The highest BCUT2D eigenvalue weighted by Crippen LogP contribution is 2.33. The molecule has 2 saturated heterocycles. The van der Waals surface area contributed by atoms with E-state index in [-0.39, 0.29) is 25.0 Å². The number of carbonyl (C=O) groups is 1. The summed E-state index contributed by atoms with van der Waals surface area (Å²) in [6.07, 6.45) is -0.534. The van der Waals surface area contributed by atoms with Crippen molar-refractivity contribution in [3.63, 3.8) is 0 Å². The molecule has 0 bridgehead atoms. The van der Waals surface area contributed by atoms with Gasteiger partial charge in [0.15, 0.2) is 5.67 Å². The van der Waals surface area contributed by atoms with Crippen molar-refractivity contribution in [1.29, 1.82) is 5.26 Å². The molecule has 2 aromatic rings. The summed E-state index contributed by atoms with van der Waals surface area (Å²) >= 11 is 0. The molecule has 7 heteroatoms. The molecule has 32 heavy (non-hydrogen) atoms. The van der Waals surface area contributed by atoms with Crippen LogP contribution in [0.4, 0.5) is 4.39 Å². The second-order valence-corrected chi connectivity index (χ2v) is 8.92. The summed E-state index contributed by atoms with van der Waals surface area (Å²) in [5, 5.41) is 15.4. The van der Waals surface area contributed by atoms with Crippen LogP contribution in [-0.4, -0.2) is 48.9 Å². The maximum atomic E-state index is 14.8. The van der Waals surface area contributed by atoms with E-state index < -0.39 is 11.8 Å². The van der Waals surface area contributed by atoms with Crippen molar-refractivity contribution in [2.75, 3.05) is 26.3 Å². The van der Waals surface area contributed by atoms with Gasteiger partial charge in [-0.1, -0.05) is 18.2 Å². The van der Waals surface area contributed by atoms with Gasteiger partial charge in [-0.2, -0.15) is 5.26 Å². The van der Waals surface area contributed by atoms with Crippen molar-refractivity contribution in [2.45, 2.75) is 31.6 Å². The van der Waals surface area contributed by atoms with Gasteiger partial charge in [-0.15, -0.1) is 0 Å². The first-order valence-corrected chi connectivity index (χ1v) is 10.8. The monoisotopic (exact) mass is 432 g/mol. The Hall–Kier alpha value is -3.37. The standard InChI is InChI=1S/C25H25FN4O2/c1-15-3-6-19(9-21(15)22-16(2)28-24(29-22)25(26)13-32-14-25)23(31)30-11-20(12-30)18-7-4-17(10-27)5-8-18/h3-9,20,24,28-29H,11-14H2,1-2H3. The number of rotatable bonds is 4. The molecule has 1 amide bonds. The Bertz CT molecular complexity index is 1140. The number of nitrogens with zero attached hydrogens (tertiary/aromatic N) is 2. The Kier molecular flexibility index (Phi) is 4.90. The van der Waals surface area contributed by atoms with Crippen molar-refractivity contribution >= 4 is 11.6 Å². The zero-order valence-electron chi connectivity index (χ0n) is 18.1. The zero-order chi connectivity index (χ0) is 22.5. The van der Waals surface area contributed by atoms with Gasteiger partial charge < -0.3 is 20.3 Å². The molecule has 3 heterocycles. The number of ether oxygens (including phenoxy) is 1. The third kappa shape index (κ3) is 3.41. The SMILES string of the molecule is CC1=C(c2cc(C(=O)N3CC(c4ccc(C#N)cc4)C3)ccc2C)NC(C2(F)COC2)N1. The zero-order valence-corrected chi connectivity index (χ0v) is 18.1. The third-order valence-corrected chi connectivity index (χ3v) is 6.66. The summed E-state index contributed by atoms with van der Waals surface area (Å²) in [4.78, 5) is 14.9. The van der Waals surface area contributed by atoms with Crippen LogP contribution in [0.3, 0.4) is 0 Å². The number of likely N-dealkylation sites (tertiary alicyclic amines) is 1. The number of hydrogen-bond donors (Lipinski definition) is 2. The fourth-order valence-electron chi connectivity index (χ4n) is 4.47. The van der Waals surface area contributed by atoms with Crippen molar-refractivity contribution in [2.24, 2.45) is 0 Å². The number of benzene rings is 2. The predicted molar refractivity (Wildman–Crippen MR) is 118 cm³/mol. The van der Waals surface area contributed by atoms with Crippen LogP contribution in [0.1, 0.15) is 45.5 Å². The molecule has 1 unspecified atom stereocenters. The van der Waals surface area contributed by atoms with Gasteiger partial charge >= 0.3 is 0 Å². The molecule has 0 saturated carbocycles. The van der Waals surface area contributed by atoms with E-state index in [0.29, 0.717) is 24.2 Å². The van der Waals surface area contributed by atoms with E-state index >= 15 is 0 Å². The van der Waals surface area contributed by atoms with Crippen molar-refractivity contribution in [3.05, 3.63) is 76.0 Å².